The lowest BCUT2D eigenvalue weighted by molar-refractivity contribution is -0.141. The van der Waals surface area contributed by atoms with E-state index in [1.54, 1.807) is 6.07 Å². The van der Waals surface area contributed by atoms with Crippen LogP contribution in [0.5, 0.6) is 5.75 Å². The van der Waals surface area contributed by atoms with Crippen molar-refractivity contribution < 1.29 is 19.0 Å². The minimum absolute atomic E-state index is 0.0735. The molecule has 1 heterocycles. The van der Waals surface area contributed by atoms with Crippen LogP contribution in [0.25, 0.3) is 0 Å². The summed E-state index contributed by atoms with van der Waals surface area (Å²) in [5, 5.41) is 12.0. The van der Waals surface area contributed by atoms with Crippen molar-refractivity contribution in [3.05, 3.63) is 28.5 Å². The molecule has 2 rings (SSSR count). The number of methoxy groups -OCH3 is 1. The van der Waals surface area contributed by atoms with Crippen LogP contribution in [-0.2, 0) is 4.79 Å². The number of rotatable bonds is 3. The lowest BCUT2D eigenvalue weighted by atomic mass is 9.99. The Morgan fingerprint density at radius 3 is 2.89 bits per heavy atom. The molecule has 0 spiro atoms. The molecule has 0 saturated carbocycles. The first-order valence-corrected chi connectivity index (χ1v) is 5.90. The molecule has 1 aromatic carbocycles. The molecular formula is C12H13ClFNO3. The van der Waals surface area contributed by atoms with Gasteiger partial charge in [-0.3, -0.25) is 4.79 Å². The number of carbonyl (C=O) groups is 1. The van der Waals surface area contributed by atoms with E-state index in [1.807, 2.05) is 0 Å². The molecule has 18 heavy (non-hydrogen) atoms. The minimum atomic E-state index is -0.836. The van der Waals surface area contributed by atoms with Crippen molar-refractivity contribution in [1.29, 1.82) is 0 Å². The van der Waals surface area contributed by atoms with Gasteiger partial charge in [-0.25, -0.2) is 4.39 Å². The third kappa shape index (κ3) is 2.28. The van der Waals surface area contributed by atoms with Gasteiger partial charge in [0.05, 0.1) is 13.0 Å². The van der Waals surface area contributed by atoms with E-state index < -0.39 is 17.7 Å². The maximum atomic E-state index is 13.3. The van der Waals surface area contributed by atoms with Gasteiger partial charge in [-0.05, 0) is 12.5 Å². The molecule has 0 aromatic heterocycles. The Morgan fingerprint density at radius 1 is 1.61 bits per heavy atom. The number of ether oxygens (including phenoxy) is 1. The van der Waals surface area contributed by atoms with Crippen LogP contribution < -0.4 is 10.1 Å². The van der Waals surface area contributed by atoms with Crippen molar-refractivity contribution >= 4 is 17.6 Å². The molecule has 1 fully saturated rings. The van der Waals surface area contributed by atoms with Gasteiger partial charge in [-0.2, -0.15) is 0 Å². The number of nitrogens with one attached hydrogen (secondary N) is 1. The predicted octanol–water partition coefficient (Wildman–Crippen LogP) is 2.22. The average molecular weight is 274 g/mol. The quantitative estimate of drug-likeness (QED) is 0.887. The summed E-state index contributed by atoms with van der Waals surface area (Å²) >= 11 is 5.83. The third-order valence-corrected chi connectivity index (χ3v) is 3.49. The number of carboxylic acids is 1. The van der Waals surface area contributed by atoms with Gasteiger partial charge in [0, 0.05) is 18.2 Å². The largest absolute Gasteiger partial charge is 0.495 e. The zero-order chi connectivity index (χ0) is 13.3. The molecule has 2 atom stereocenters. The van der Waals surface area contributed by atoms with Gasteiger partial charge in [0.25, 0.3) is 0 Å². The first-order valence-electron chi connectivity index (χ1n) is 5.52. The van der Waals surface area contributed by atoms with Gasteiger partial charge >= 0.3 is 5.97 Å². The van der Waals surface area contributed by atoms with Gasteiger partial charge in [-0.15, -0.1) is 0 Å². The van der Waals surface area contributed by atoms with E-state index in [0.717, 1.165) is 0 Å². The van der Waals surface area contributed by atoms with Crippen molar-refractivity contribution in [2.75, 3.05) is 13.7 Å². The zero-order valence-electron chi connectivity index (χ0n) is 9.74. The molecule has 1 saturated heterocycles. The monoisotopic (exact) mass is 273 g/mol. The minimum Gasteiger partial charge on any atom is -0.495 e. The van der Waals surface area contributed by atoms with Crippen LogP contribution in [0.1, 0.15) is 18.0 Å². The third-order valence-electron chi connectivity index (χ3n) is 3.14. The SMILES string of the molecule is COc1c(C2CC(C(=O)O)CN2)ccc(F)c1Cl. The molecular weight excluding hydrogens is 261 g/mol. The maximum Gasteiger partial charge on any atom is 0.307 e. The second-order valence-corrected chi connectivity index (χ2v) is 4.59. The van der Waals surface area contributed by atoms with E-state index in [1.165, 1.54) is 13.2 Å². The lowest BCUT2D eigenvalue weighted by Crippen LogP contribution is -2.17. The normalized spacial score (nSPS) is 23.1. The summed E-state index contributed by atoms with van der Waals surface area (Å²) in [5.41, 5.74) is 0.688. The molecule has 0 amide bonds. The summed E-state index contributed by atoms with van der Waals surface area (Å²) in [7, 11) is 1.41. The van der Waals surface area contributed by atoms with E-state index in [9.17, 15) is 9.18 Å². The number of hydrogen-bond acceptors (Lipinski definition) is 3. The Balaban J connectivity index is 2.30. The molecule has 0 bridgehead atoms. The Bertz CT molecular complexity index is 481. The first-order chi connectivity index (χ1) is 8.54. The highest BCUT2D eigenvalue weighted by Gasteiger charge is 2.32. The Hall–Kier alpha value is -1.33. The highest BCUT2D eigenvalue weighted by Crippen LogP contribution is 2.38. The maximum absolute atomic E-state index is 13.3. The molecule has 1 aromatic rings. The molecule has 1 aliphatic rings. The summed E-state index contributed by atoms with van der Waals surface area (Å²) in [4.78, 5) is 10.9. The van der Waals surface area contributed by atoms with Crippen LogP contribution in [-0.4, -0.2) is 24.7 Å². The molecule has 2 N–H and O–H groups in total. The number of aliphatic carboxylic acids is 1. The highest BCUT2D eigenvalue weighted by molar-refractivity contribution is 6.32. The molecule has 4 nitrogen and oxygen atoms in total. The van der Waals surface area contributed by atoms with E-state index in [4.69, 9.17) is 21.4 Å². The summed E-state index contributed by atoms with van der Waals surface area (Å²) in [6, 6.07) is 2.65. The Kier molecular flexibility index (Phi) is 3.73. The van der Waals surface area contributed by atoms with Crippen molar-refractivity contribution in [3.8, 4) is 5.75 Å². The van der Waals surface area contributed by atoms with Crippen LogP contribution in [0, 0.1) is 11.7 Å². The van der Waals surface area contributed by atoms with E-state index in [0.29, 0.717) is 18.5 Å². The summed E-state index contributed by atoms with van der Waals surface area (Å²) in [5.74, 6) is -1.56. The van der Waals surface area contributed by atoms with Gasteiger partial charge in [0.2, 0.25) is 0 Å². The number of halogens is 2. The molecule has 0 aliphatic carbocycles. The van der Waals surface area contributed by atoms with Crippen LogP contribution in [0.4, 0.5) is 4.39 Å². The number of hydrogen-bond donors (Lipinski definition) is 2. The average Bonchev–Trinajstić information content (AvgIpc) is 2.82. The lowest BCUT2D eigenvalue weighted by Gasteiger charge is -2.16. The van der Waals surface area contributed by atoms with Crippen molar-refractivity contribution in [2.45, 2.75) is 12.5 Å². The van der Waals surface area contributed by atoms with Crippen LogP contribution in [0.15, 0.2) is 12.1 Å². The topological polar surface area (TPSA) is 58.6 Å². The number of carboxylic acid groups (broad SMARTS) is 1. The van der Waals surface area contributed by atoms with E-state index >= 15 is 0 Å². The highest BCUT2D eigenvalue weighted by atomic mass is 35.5. The van der Waals surface area contributed by atoms with Crippen molar-refractivity contribution in [2.24, 2.45) is 5.92 Å². The number of benzene rings is 1. The second-order valence-electron chi connectivity index (χ2n) is 4.22. The molecule has 0 radical (unpaired) electrons. The predicted molar refractivity (Wildman–Crippen MR) is 64.4 cm³/mol. The van der Waals surface area contributed by atoms with Crippen LogP contribution in [0.3, 0.4) is 0 Å². The summed E-state index contributed by atoms with van der Waals surface area (Å²) < 4.78 is 18.4. The Morgan fingerprint density at radius 2 is 2.33 bits per heavy atom. The second kappa shape index (κ2) is 5.12. The first kappa shape index (κ1) is 13.1. The zero-order valence-corrected chi connectivity index (χ0v) is 10.5. The fourth-order valence-corrected chi connectivity index (χ4v) is 2.44. The molecule has 2 unspecified atom stereocenters. The van der Waals surface area contributed by atoms with Gasteiger partial charge in [-0.1, -0.05) is 17.7 Å². The fourth-order valence-electron chi connectivity index (χ4n) is 2.19. The van der Waals surface area contributed by atoms with Gasteiger partial charge in [0.1, 0.15) is 16.6 Å². The van der Waals surface area contributed by atoms with Crippen molar-refractivity contribution in [3.63, 3.8) is 0 Å². The summed E-state index contributed by atoms with van der Waals surface area (Å²) in [6.07, 6.45) is 0.438. The van der Waals surface area contributed by atoms with Crippen LogP contribution >= 0.6 is 11.6 Å². The molecule has 6 heteroatoms. The van der Waals surface area contributed by atoms with Gasteiger partial charge in [0.15, 0.2) is 0 Å². The van der Waals surface area contributed by atoms with Crippen molar-refractivity contribution in [1.82, 2.24) is 5.32 Å². The molecule has 98 valence electrons. The molecule has 1 aliphatic heterocycles. The Labute approximate surface area is 109 Å². The van der Waals surface area contributed by atoms with E-state index in [-0.39, 0.29) is 16.8 Å². The van der Waals surface area contributed by atoms with Gasteiger partial charge < -0.3 is 15.2 Å². The van der Waals surface area contributed by atoms with E-state index in [2.05, 4.69) is 5.32 Å². The smallest absolute Gasteiger partial charge is 0.307 e. The summed E-state index contributed by atoms with van der Waals surface area (Å²) in [6.45, 7) is 0.387. The fraction of sp³-hybridized carbons (Fsp3) is 0.417. The standard InChI is InChI=1S/C12H13ClFNO3/c1-18-11-7(2-3-8(14)10(11)13)9-4-6(5-15-9)12(16)17/h2-3,6,9,15H,4-5H2,1H3,(H,16,17). The van der Waals surface area contributed by atoms with Crippen LogP contribution in [0.2, 0.25) is 5.02 Å².